The number of aromatic nitrogens is 1. The number of carbonyl (C=O) groups excluding carboxylic acids is 1. The van der Waals surface area contributed by atoms with Gasteiger partial charge in [0.15, 0.2) is 11.5 Å². The molecule has 3 heterocycles. The Labute approximate surface area is 212 Å². The first-order chi connectivity index (χ1) is 17.5. The third-order valence-electron chi connectivity index (χ3n) is 6.78. The molecular weight excluding hydrogens is 452 g/mol. The monoisotopic (exact) mass is 484 g/mol. The molecule has 7 heteroatoms. The molecule has 2 N–H and O–H groups in total. The number of amides is 1. The highest BCUT2D eigenvalue weighted by molar-refractivity contribution is 6.10. The second kappa shape index (κ2) is 10.1. The summed E-state index contributed by atoms with van der Waals surface area (Å²) in [4.78, 5) is 20.3. The van der Waals surface area contributed by atoms with E-state index in [1.54, 1.807) is 11.1 Å². The van der Waals surface area contributed by atoms with Gasteiger partial charge in [-0.2, -0.15) is 0 Å². The zero-order valence-corrected chi connectivity index (χ0v) is 20.7. The van der Waals surface area contributed by atoms with Gasteiger partial charge in [0, 0.05) is 31.6 Å². The van der Waals surface area contributed by atoms with Gasteiger partial charge >= 0.3 is 0 Å². The summed E-state index contributed by atoms with van der Waals surface area (Å²) in [5, 5.41) is 12.2. The number of hydrogen-bond acceptors (Lipinski definition) is 5. The van der Waals surface area contributed by atoms with Gasteiger partial charge in [-0.15, -0.1) is 0 Å². The van der Waals surface area contributed by atoms with Crippen LogP contribution in [0.1, 0.15) is 37.8 Å². The van der Waals surface area contributed by atoms with Crippen LogP contribution < -0.4 is 10.1 Å². The highest BCUT2D eigenvalue weighted by atomic mass is 16.5. The van der Waals surface area contributed by atoms with Crippen LogP contribution in [0.15, 0.2) is 73.1 Å². The van der Waals surface area contributed by atoms with E-state index in [4.69, 9.17) is 14.9 Å². The van der Waals surface area contributed by atoms with E-state index in [1.807, 2.05) is 66.9 Å². The van der Waals surface area contributed by atoms with Gasteiger partial charge < -0.3 is 14.8 Å². The zero-order chi connectivity index (χ0) is 25.1. The van der Waals surface area contributed by atoms with E-state index in [9.17, 15) is 4.79 Å². The Kier molecular flexibility index (Phi) is 6.74. The lowest BCUT2D eigenvalue weighted by atomic mass is 9.81. The molecule has 3 aromatic rings. The average Bonchev–Trinajstić information content (AvgIpc) is 3.19. The minimum Gasteiger partial charge on any atom is -0.493 e. The van der Waals surface area contributed by atoms with Crippen LogP contribution >= 0.6 is 0 Å². The zero-order valence-electron chi connectivity index (χ0n) is 20.7. The van der Waals surface area contributed by atoms with Crippen LogP contribution in [-0.2, 0) is 15.1 Å². The van der Waals surface area contributed by atoms with Gasteiger partial charge in [0.1, 0.15) is 5.75 Å². The SMILES string of the molecule is CC(C)COc1cccc(C2(c3cccc(-c4cccnc4)c3)NC(=N)N(C3CCOCC3)C2=O)c1. The Hall–Kier alpha value is -3.71. The number of carbonyl (C=O) groups is 1. The van der Waals surface area contributed by atoms with Crippen molar-refractivity contribution in [2.75, 3.05) is 19.8 Å². The first kappa shape index (κ1) is 24.0. The Morgan fingerprint density at radius 3 is 2.53 bits per heavy atom. The van der Waals surface area contributed by atoms with Crippen molar-refractivity contribution >= 4 is 11.9 Å². The molecule has 2 aromatic carbocycles. The number of guanidine groups is 1. The van der Waals surface area contributed by atoms with Crippen LogP contribution in [0.3, 0.4) is 0 Å². The Balaban J connectivity index is 1.63. The maximum absolute atomic E-state index is 14.4. The second-order valence-corrected chi connectivity index (χ2v) is 9.80. The molecule has 186 valence electrons. The van der Waals surface area contributed by atoms with Crippen molar-refractivity contribution in [3.8, 4) is 16.9 Å². The molecule has 2 aliphatic heterocycles. The van der Waals surface area contributed by atoms with E-state index < -0.39 is 5.54 Å². The fraction of sp³-hybridized carbons (Fsp3) is 0.345. The fourth-order valence-corrected chi connectivity index (χ4v) is 4.97. The van der Waals surface area contributed by atoms with Gasteiger partial charge in [0.2, 0.25) is 0 Å². The molecule has 2 fully saturated rings. The number of ether oxygens (including phenoxy) is 2. The number of hydrogen-bond donors (Lipinski definition) is 2. The molecule has 0 bridgehead atoms. The maximum Gasteiger partial charge on any atom is 0.264 e. The smallest absolute Gasteiger partial charge is 0.264 e. The Morgan fingerprint density at radius 1 is 1.08 bits per heavy atom. The molecule has 5 rings (SSSR count). The van der Waals surface area contributed by atoms with E-state index in [1.165, 1.54) is 0 Å². The van der Waals surface area contributed by atoms with Crippen molar-refractivity contribution in [2.45, 2.75) is 38.3 Å². The van der Waals surface area contributed by atoms with E-state index in [0.717, 1.165) is 22.3 Å². The summed E-state index contributed by atoms with van der Waals surface area (Å²) in [7, 11) is 0. The predicted octanol–water partition coefficient (Wildman–Crippen LogP) is 4.57. The van der Waals surface area contributed by atoms with Crippen molar-refractivity contribution < 1.29 is 14.3 Å². The van der Waals surface area contributed by atoms with Gasteiger partial charge in [-0.1, -0.05) is 50.2 Å². The lowest BCUT2D eigenvalue weighted by Crippen LogP contribution is -2.47. The topological polar surface area (TPSA) is 87.5 Å². The standard InChI is InChI=1S/C29H32N4O3/c1-20(2)19-36-26-10-4-9-24(17-26)29(23-8-3-6-21(16-23)22-7-5-13-31-18-22)27(34)33(28(30)32-29)25-11-14-35-15-12-25/h3-10,13,16-18,20,25H,11-12,14-15,19H2,1-2H3,(H2,30,32). The molecule has 0 saturated carbocycles. The molecule has 1 unspecified atom stereocenters. The number of pyridine rings is 1. The molecule has 2 aliphatic rings. The highest BCUT2D eigenvalue weighted by Gasteiger charge is 2.54. The molecule has 0 aliphatic carbocycles. The molecule has 2 saturated heterocycles. The Bertz CT molecular complexity index is 1240. The predicted molar refractivity (Wildman–Crippen MR) is 139 cm³/mol. The average molecular weight is 485 g/mol. The summed E-state index contributed by atoms with van der Waals surface area (Å²) in [6.07, 6.45) is 4.97. The molecule has 1 amide bonds. The van der Waals surface area contributed by atoms with E-state index in [-0.39, 0.29) is 17.9 Å². The van der Waals surface area contributed by atoms with Crippen molar-refractivity contribution in [2.24, 2.45) is 5.92 Å². The van der Waals surface area contributed by atoms with Crippen LogP contribution in [0.4, 0.5) is 0 Å². The minimum absolute atomic E-state index is 0.0741. The summed E-state index contributed by atoms with van der Waals surface area (Å²) in [6, 6.07) is 19.4. The number of nitrogens with zero attached hydrogens (tertiary/aromatic N) is 2. The summed E-state index contributed by atoms with van der Waals surface area (Å²) < 4.78 is 11.5. The van der Waals surface area contributed by atoms with Crippen molar-refractivity contribution in [3.63, 3.8) is 0 Å². The molecule has 7 nitrogen and oxygen atoms in total. The van der Waals surface area contributed by atoms with Crippen molar-refractivity contribution in [1.82, 2.24) is 15.2 Å². The van der Waals surface area contributed by atoms with Crippen molar-refractivity contribution in [3.05, 3.63) is 84.2 Å². The van der Waals surface area contributed by atoms with E-state index in [0.29, 0.717) is 44.3 Å². The van der Waals surface area contributed by atoms with Crippen LogP contribution in [-0.4, -0.2) is 47.6 Å². The van der Waals surface area contributed by atoms with Crippen LogP contribution in [0, 0.1) is 11.3 Å². The van der Waals surface area contributed by atoms with Gasteiger partial charge in [0.05, 0.1) is 6.61 Å². The normalized spacial score (nSPS) is 20.6. The highest BCUT2D eigenvalue weighted by Crippen LogP contribution is 2.40. The molecule has 0 spiro atoms. The number of nitrogens with one attached hydrogen (secondary N) is 2. The van der Waals surface area contributed by atoms with Crippen molar-refractivity contribution in [1.29, 1.82) is 5.41 Å². The number of benzene rings is 2. The molecule has 0 radical (unpaired) electrons. The van der Waals surface area contributed by atoms with Gasteiger partial charge in [0.25, 0.3) is 5.91 Å². The molecule has 1 atom stereocenters. The maximum atomic E-state index is 14.4. The Morgan fingerprint density at radius 2 is 1.81 bits per heavy atom. The van der Waals surface area contributed by atoms with E-state index >= 15 is 0 Å². The third kappa shape index (κ3) is 4.46. The fourth-order valence-electron chi connectivity index (χ4n) is 4.97. The van der Waals surface area contributed by atoms with E-state index in [2.05, 4.69) is 24.1 Å². The lowest BCUT2D eigenvalue weighted by molar-refractivity contribution is -0.132. The largest absolute Gasteiger partial charge is 0.493 e. The molecule has 36 heavy (non-hydrogen) atoms. The van der Waals surface area contributed by atoms with Crippen LogP contribution in [0.2, 0.25) is 0 Å². The lowest BCUT2D eigenvalue weighted by Gasteiger charge is -2.32. The van der Waals surface area contributed by atoms with Crippen LogP contribution in [0.5, 0.6) is 5.75 Å². The molecule has 1 aromatic heterocycles. The molecular formula is C29H32N4O3. The first-order valence-corrected chi connectivity index (χ1v) is 12.5. The number of rotatable bonds is 7. The van der Waals surface area contributed by atoms with Crippen LogP contribution in [0.25, 0.3) is 11.1 Å². The first-order valence-electron chi connectivity index (χ1n) is 12.5. The van der Waals surface area contributed by atoms with Gasteiger partial charge in [-0.25, -0.2) is 0 Å². The summed E-state index contributed by atoms with van der Waals surface area (Å²) in [5.74, 6) is 1.05. The third-order valence-corrected chi connectivity index (χ3v) is 6.78. The van der Waals surface area contributed by atoms with Gasteiger partial charge in [-0.3, -0.25) is 20.1 Å². The minimum atomic E-state index is -1.25. The quantitative estimate of drug-likeness (QED) is 0.513. The summed E-state index contributed by atoms with van der Waals surface area (Å²) in [6.45, 7) is 5.96. The summed E-state index contributed by atoms with van der Waals surface area (Å²) in [5.41, 5.74) is 2.19. The second-order valence-electron chi connectivity index (χ2n) is 9.80. The summed E-state index contributed by atoms with van der Waals surface area (Å²) >= 11 is 0. The van der Waals surface area contributed by atoms with Gasteiger partial charge in [-0.05, 0) is 65.3 Å².